The fraction of sp³-hybridized carbons (Fsp3) is 0.125. The maximum absolute atomic E-state index is 5.93. The predicted octanol–water partition coefficient (Wildman–Crippen LogP) is 4.52. The molecular weight excluding hydrogens is 320 g/mol. The lowest BCUT2D eigenvalue weighted by Crippen LogP contribution is -1.97. The highest BCUT2D eigenvalue weighted by molar-refractivity contribution is 7.20. The molecule has 0 radical (unpaired) electrons. The van der Waals surface area contributed by atoms with Gasteiger partial charge in [-0.2, -0.15) is 0 Å². The summed E-state index contributed by atoms with van der Waals surface area (Å²) in [7, 11) is 0. The third-order valence-corrected chi connectivity index (χ3v) is 4.56. The van der Waals surface area contributed by atoms with Gasteiger partial charge in [0, 0.05) is 16.6 Å². The van der Waals surface area contributed by atoms with Gasteiger partial charge in [0.1, 0.15) is 12.4 Å². The van der Waals surface area contributed by atoms with Gasteiger partial charge in [0.05, 0.1) is 22.3 Å². The standard InChI is InChI=1S/C16H11ClN2O2S/c17-10-1-3-11(4-2-10)21-13-8-18-9-15-12(13)7-14(22-15)16-19-5-6-20-16/h1-4,7-9H,5-6H2. The number of hydrogen-bond acceptors (Lipinski definition) is 5. The van der Waals surface area contributed by atoms with Crippen molar-refractivity contribution in [2.24, 2.45) is 4.99 Å². The number of thiophene rings is 1. The van der Waals surface area contributed by atoms with Crippen LogP contribution < -0.4 is 4.74 Å². The quantitative estimate of drug-likeness (QED) is 0.709. The second-order valence-corrected chi connectivity index (χ2v) is 6.27. The number of rotatable bonds is 3. The molecule has 0 spiro atoms. The Morgan fingerprint density at radius 2 is 2.05 bits per heavy atom. The number of benzene rings is 1. The lowest BCUT2D eigenvalue weighted by molar-refractivity contribution is 0.349. The van der Waals surface area contributed by atoms with E-state index >= 15 is 0 Å². The summed E-state index contributed by atoms with van der Waals surface area (Å²) in [6, 6.07) is 9.30. The maximum Gasteiger partial charge on any atom is 0.226 e. The number of hydrogen-bond donors (Lipinski definition) is 0. The zero-order chi connectivity index (χ0) is 14.9. The Balaban J connectivity index is 1.72. The molecule has 6 heteroatoms. The van der Waals surface area contributed by atoms with E-state index in [0.717, 1.165) is 27.3 Å². The molecule has 0 unspecified atom stereocenters. The van der Waals surface area contributed by atoms with Crippen molar-refractivity contribution in [2.75, 3.05) is 13.2 Å². The van der Waals surface area contributed by atoms with E-state index in [1.54, 1.807) is 29.7 Å². The average Bonchev–Trinajstić information content (AvgIpc) is 3.18. The molecule has 0 aliphatic carbocycles. The van der Waals surface area contributed by atoms with Crippen LogP contribution in [0.2, 0.25) is 5.02 Å². The molecule has 3 heterocycles. The molecule has 0 fully saturated rings. The molecule has 0 saturated carbocycles. The van der Waals surface area contributed by atoms with Crippen molar-refractivity contribution < 1.29 is 9.47 Å². The summed E-state index contributed by atoms with van der Waals surface area (Å²) in [5, 5.41) is 1.68. The number of pyridine rings is 1. The van der Waals surface area contributed by atoms with E-state index in [2.05, 4.69) is 9.98 Å². The summed E-state index contributed by atoms with van der Waals surface area (Å²) < 4.78 is 12.5. The van der Waals surface area contributed by atoms with Gasteiger partial charge in [0.25, 0.3) is 0 Å². The van der Waals surface area contributed by atoms with Crippen LogP contribution in [0.25, 0.3) is 10.1 Å². The van der Waals surface area contributed by atoms with E-state index in [4.69, 9.17) is 21.1 Å². The molecule has 22 heavy (non-hydrogen) atoms. The molecule has 4 nitrogen and oxygen atoms in total. The third-order valence-electron chi connectivity index (χ3n) is 3.25. The molecule has 2 aromatic heterocycles. The number of fused-ring (bicyclic) bond motifs is 1. The number of nitrogens with zero attached hydrogens (tertiary/aromatic N) is 2. The van der Waals surface area contributed by atoms with Crippen molar-refractivity contribution >= 4 is 38.9 Å². The normalized spacial score (nSPS) is 14.0. The third kappa shape index (κ3) is 2.53. The Labute approximate surface area is 136 Å². The van der Waals surface area contributed by atoms with Crippen LogP contribution in [-0.2, 0) is 4.74 Å². The number of aliphatic imine (C=N–C) groups is 1. The van der Waals surface area contributed by atoms with Crippen LogP contribution >= 0.6 is 22.9 Å². The second kappa shape index (κ2) is 5.59. The zero-order valence-corrected chi connectivity index (χ0v) is 13.0. The highest BCUT2D eigenvalue weighted by atomic mass is 35.5. The minimum Gasteiger partial charge on any atom is -0.475 e. The molecular formula is C16H11ClN2O2S. The number of ether oxygens (including phenoxy) is 2. The van der Waals surface area contributed by atoms with Gasteiger partial charge in [-0.1, -0.05) is 11.6 Å². The highest BCUT2D eigenvalue weighted by Gasteiger charge is 2.16. The average molecular weight is 331 g/mol. The molecule has 1 aliphatic heterocycles. The first kappa shape index (κ1) is 13.5. The van der Waals surface area contributed by atoms with E-state index in [1.807, 2.05) is 24.4 Å². The first-order valence-electron chi connectivity index (χ1n) is 6.78. The van der Waals surface area contributed by atoms with E-state index < -0.39 is 0 Å². The predicted molar refractivity (Wildman–Crippen MR) is 88.5 cm³/mol. The summed E-state index contributed by atoms with van der Waals surface area (Å²) in [4.78, 5) is 9.60. The van der Waals surface area contributed by atoms with Gasteiger partial charge >= 0.3 is 0 Å². The van der Waals surface area contributed by atoms with Crippen LogP contribution in [0.3, 0.4) is 0 Å². The van der Waals surface area contributed by atoms with Crippen molar-refractivity contribution in [2.45, 2.75) is 0 Å². The first-order valence-corrected chi connectivity index (χ1v) is 7.98. The van der Waals surface area contributed by atoms with Crippen LogP contribution in [0, 0.1) is 0 Å². The van der Waals surface area contributed by atoms with Crippen molar-refractivity contribution in [1.82, 2.24) is 4.98 Å². The van der Waals surface area contributed by atoms with E-state index in [-0.39, 0.29) is 0 Å². The fourth-order valence-corrected chi connectivity index (χ4v) is 3.37. The molecule has 0 bridgehead atoms. The molecule has 0 atom stereocenters. The van der Waals surface area contributed by atoms with Crippen molar-refractivity contribution in [3.8, 4) is 11.5 Å². The summed E-state index contributed by atoms with van der Waals surface area (Å²) in [6.45, 7) is 1.37. The molecule has 1 aromatic carbocycles. The second-order valence-electron chi connectivity index (χ2n) is 4.75. The van der Waals surface area contributed by atoms with Crippen molar-refractivity contribution in [3.63, 3.8) is 0 Å². The monoisotopic (exact) mass is 330 g/mol. The molecule has 0 N–H and O–H groups in total. The van der Waals surface area contributed by atoms with Gasteiger partial charge in [-0.15, -0.1) is 11.3 Å². The summed E-state index contributed by atoms with van der Waals surface area (Å²) in [6.07, 6.45) is 3.54. The van der Waals surface area contributed by atoms with E-state index in [9.17, 15) is 0 Å². The minimum absolute atomic E-state index is 0.649. The Bertz CT molecular complexity index is 858. The van der Waals surface area contributed by atoms with Crippen LogP contribution in [0.5, 0.6) is 11.5 Å². The SMILES string of the molecule is Clc1ccc(Oc2cncc3sc(C4=NCCO4)cc23)cc1. The summed E-state index contributed by atoms with van der Waals surface area (Å²) >= 11 is 7.49. The van der Waals surface area contributed by atoms with Gasteiger partial charge < -0.3 is 9.47 Å². The summed E-state index contributed by atoms with van der Waals surface area (Å²) in [5.74, 6) is 2.14. The number of aromatic nitrogens is 1. The molecule has 110 valence electrons. The Kier molecular flexibility index (Phi) is 3.44. The van der Waals surface area contributed by atoms with Gasteiger partial charge in [-0.25, -0.2) is 4.99 Å². The van der Waals surface area contributed by atoms with Crippen LogP contribution in [0.4, 0.5) is 0 Å². The number of halogens is 1. The van der Waals surface area contributed by atoms with Crippen LogP contribution in [0.1, 0.15) is 4.88 Å². The first-order chi connectivity index (χ1) is 10.8. The van der Waals surface area contributed by atoms with Crippen molar-refractivity contribution in [1.29, 1.82) is 0 Å². The van der Waals surface area contributed by atoms with Crippen LogP contribution in [0.15, 0.2) is 47.7 Å². The molecule has 0 amide bonds. The Morgan fingerprint density at radius 1 is 1.18 bits per heavy atom. The van der Waals surface area contributed by atoms with E-state index in [1.165, 1.54) is 0 Å². The van der Waals surface area contributed by atoms with E-state index in [0.29, 0.717) is 23.3 Å². The Hall–Kier alpha value is -2.11. The van der Waals surface area contributed by atoms with Gasteiger partial charge in [-0.3, -0.25) is 4.98 Å². The topological polar surface area (TPSA) is 43.7 Å². The molecule has 0 saturated heterocycles. The maximum atomic E-state index is 5.93. The lowest BCUT2D eigenvalue weighted by atomic mass is 10.3. The summed E-state index contributed by atoms with van der Waals surface area (Å²) in [5.41, 5.74) is 0. The smallest absolute Gasteiger partial charge is 0.226 e. The van der Waals surface area contributed by atoms with Gasteiger partial charge in [0.15, 0.2) is 5.75 Å². The zero-order valence-electron chi connectivity index (χ0n) is 11.5. The van der Waals surface area contributed by atoms with Gasteiger partial charge in [0.2, 0.25) is 5.90 Å². The van der Waals surface area contributed by atoms with Crippen LogP contribution in [-0.4, -0.2) is 24.0 Å². The fourth-order valence-electron chi connectivity index (χ4n) is 2.24. The lowest BCUT2D eigenvalue weighted by Gasteiger charge is -2.06. The van der Waals surface area contributed by atoms with Gasteiger partial charge in [-0.05, 0) is 30.3 Å². The highest BCUT2D eigenvalue weighted by Crippen LogP contribution is 2.35. The molecule has 1 aliphatic rings. The largest absolute Gasteiger partial charge is 0.475 e. The molecule has 4 rings (SSSR count). The minimum atomic E-state index is 0.649. The molecule has 3 aromatic rings. The van der Waals surface area contributed by atoms with Crippen molar-refractivity contribution in [3.05, 3.63) is 52.6 Å². The Morgan fingerprint density at radius 3 is 2.82 bits per heavy atom.